The SMILES string of the molecule is COc1cc(CNn2c(-c3ccccc3OC)n[nH]c2=S)c(Cl)cc1OCc1ccc(Cl)cc1Cl. The molecule has 0 atom stereocenters. The number of ether oxygens (including phenoxy) is 3. The van der Waals surface area contributed by atoms with Gasteiger partial charge in [-0.05, 0) is 48.1 Å². The molecule has 4 aromatic rings. The van der Waals surface area contributed by atoms with E-state index in [-0.39, 0.29) is 6.61 Å². The Labute approximate surface area is 222 Å². The van der Waals surface area contributed by atoms with E-state index in [9.17, 15) is 0 Å². The van der Waals surface area contributed by atoms with Crippen LogP contribution >= 0.6 is 47.0 Å². The molecule has 182 valence electrons. The minimum Gasteiger partial charge on any atom is -0.496 e. The molecule has 0 aliphatic carbocycles. The highest BCUT2D eigenvalue weighted by atomic mass is 35.5. The zero-order valence-electron chi connectivity index (χ0n) is 18.8. The molecular formula is C24H21Cl3N4O3S. The lowest BCUT2D eigenvalue weighted by atomic mass is 10.2. The number of aromatic nitrogens is 3. The van der Waals surface area contributed by atoms with Crippen molar-refractivity contribution in [2.24, 2.45) is 0 Å². The first-order valence-corrected chi connectivity index (χ1v) is 11.9. The van der Waals surface area contributed by atoms with E-state index in [1.807, 2.05) is 30.3 Å². The van der Waals surface area contributed by atoms with Crippen LogP contribution < -0.4 is 19.6 Å². The lowest BCUT2D eigenvalue weighted by molar-refractivity contribution is 0.284. The van der Waals surface area contributed by atoms with Gasteiger partial charge in [0.1, 0.15) is 12.4 Å². The number of H-pyrrole nitrogens is 1. The summed E-state index contributed by atoms with van der Waals surface area (Å²) < 4.78 is 19.0. The molecule has 4 rings (SSSR count). The Morgan fingerprint density at radius 1 is 0.914 bits per heavy atom. The summed E-state index contributed by atoms with van der Waals surface area (Å²) in [6.07, 6.45) is 0. The Balaban J connectivity index is 1.54. The number of methoxy groups -OCH3 is 2. The molecule has 35 heavy (non-hydrogen) atoms. The van der Waals surface area contributed by atoms with Gasteiger partial charge in [0, 0.05) is 26.7 Å². The summed E-state index contributed by atoms with van der Waals surface area (Å²) >= 11 is 24.2. The van der Waals surface area contributed by atoms with Crippen molar-refractivity contribution in [2.75, 3.05) is 19.6 Å². The molecule has 3 aromatic carbocycles. The summed E-state index contributed by atoms with van der Waals surface area (Å²) in [5, 5.41) is 8.73. The second kappa shape index (κ2) is 11.2. The van der Waals surface area contributed by atoms with E-state index in [2.05, 4.69) is 15.6 Å². The molecule has 0 radical (unpaired) electrons. The molecule has 0 fully saturated rings. The standard InChI is InChI=1S/C24H21Cl3N4O3S/c1-32-20-6-4-3-5-17(20)23-29-30-24(35)31(23)28-12-15-9-21(33-2)22(11-19(15)27)34-13-14-7-8-16(25)10-18(14)26/h3-11,28H,12-13H2,1-2H3,(H,30,35). The number of nitrogens with zero attached hydrogens (tertiary/aromatic N) is 2. The summed E-state index contributed by atoms with van der Waals surface area (Å²) in [4.78, 5) is 0. The molecule has 0 bridgehead atoms. The van der Waals surface area contributed by atoms with Crippen molar-refractivity contribution in [1.82, 2.24) is 14.9 Å². The molecule has 11 heteroatoms. The van der Waals surface area contributed by atoms with Gasteiger partial charge in [-0.1, -0.05) is 53.0 Å². The maximum atomic E-state index is 6.58. The average molecular weight is 552 g/mol. The molecule has 7 nitrogen and oxygen atoms in total. The Kier molecular flexibility index (Phi) is 8.07. The maximum Gasteiger partial charge on any atom is 0.214 e. The van der Waals surface area contributed by atoms with Crippen LogP contribution in [-0.2, 0) is 13.2 Å². The minimum absolute atomic E-state index is 0.229. The largest absolute Gasteiger partial charge is 0.496 e. The molecule has 1 heterocycles. The number of aromatic amines is 1. The van der Waals surface area contributed by atoms with Crippen LogP contribution in [0.3, 0.4) is 0 Å². The van der Waals surface area contributed by atoms with Crippen LogP contribution in [0.5, 0.6) is 17.2 Å². The molecule has 2 N–H and O–H groups in total. The van der Waals surface area contributed by atoms with Crippen molar-refractivity contribution in [3.8, 4) is 28.6 Å². The van der Waals surface area contributed by atoms with E-state index >= 15 is 0 Å². The van der Waals surface area contributed by atoms with Crippen molar-refractivity contribution < 1.29 is 14.2 Å². The van der Waals surface area contributed by atoms with Crippen LogP contribution in [-0.4, -0.2) is 29.1 Å². The fraction of sp³-hybridized carbons (Fsp3) is 0.167. The van der Waals surface area contributed by atoms with Crippen LogP contribution in [0.1, 0.15) is 11.1 Å². The number of hydrogen-bond donors (Lipinski definition) is 2. The fourth-order valence-electron chi connectivity index (χ4n) is 3.40. The van der Waals surface area contributed by atoms with Crippen molar-refractivity contribution in [3.05, 3.63) is 85.6 Å². The van der Waals surface area contributed by atoms with E-state index in [1.54, 1.807) is 43.2 Å². The van der Waals surface area contributed by atoms with Crippen LogP contribution in [0.4, 0.5) is 0 Å². The normalized spacial score (nSPS) is 10.8. The number of halogens is 3. The summed E-state index contributed by atoms with van der Waals surface area (Å²) in [6, 6.07) is 16.3. The molecule has 0 aliphatic heterocycles. The molecule has 0 spiro atoms. The summed E-state index contributed by atoms with van der Waals surface area (Å²) in [6.45, 7) is 0.571. The van der Waals surface area contributed by atoms with E-state index < -0.39 is 0 Å². The molecule has 0 saturated heterocycles. The zero-order valence-corrected chi connectivity index (χ0v) is 21.9. The van der Waals surface area contributed by atoms with Crippen LogP contribution in [0.15, 0.2) is 54.6 Å². The van der Waals surface area contributed by atoms with E-state index in [1.165, 1.54) is 0 Å². The third kappa shape index (κ3) is 5.67. The molecule has 0 unspecified atom stereocenters. The van der Waals surface area contributed by atoms with E-state index in [4.69, 9.17) is 61.2 Å². The Morgan fingerprint density at radius 3 is 2.40 bits per heavy atom. The quantitative estimate of drug-likeness (QED) is 0.220. The number of rotatable bonds is 9. The van der Waals surface area contributed by atoms with Gasteiger partial charge in [-0.15, -0.1) is 0 Å². The first-order chi connectivity index (χ1) is 16.9. The van der Waals surface area contributed by atoms with Crippen LogP contribution in [0, 0.1) is 4.77 Å². The number of benzene rings is 3. The van der Waals surface area contributed by atoms with Crippen LogP contribution in [0.2, 0.25) is 15.1 Å². The third-order valence-electron chi connectivity index (χ3n) is 5.18. The zero-order chi connectivity index (χ0) is 24.9. The second-order valence-corrected chi connectivity index (χ2v) is 8.98. The van der Waals surface area contributed by atoms with E-state index in [0.717, 1.165) is 16.7 Å². The third-order valence-corrected chi connectivity index (χ3v) is 6.39. The molecule has 0 amide bonds. The Bertz CT molecular complexity index is 1410. The molecular weight excluding hydrogens is 531 g/mol. The van der Waals surface area contributed by atoms with Gasteiger partial charge in [0.05, 0.1) is 26.3 Å². The van der Waals surface area contributed by atoms with Gasteiger partial charge < -0.3 is 19.6 Å². The first-order valence-electron chi connectivity index (χ1n) is 10.4. The smallest absolute Gasteiger partial charge is 0.214 e. The van der Waals surface area contributed by atoms with Gasteiger partial charge in [-0.2, -0.15) is 5.10 Å². The minimum atomic E-state index is 0.229. The number of nitrogens with one attached hydrogen (secondary N) is 2. The van der Waals surface area contributed by atoms with Gasteiger partial charge in [-0.3, -0.25) is 0 Å². The molecule has 0 saturated carbocycles. The highest BCUT2D eigenvalue weighted by Crippen LogP contribution is 2.35. The second-order valence-electron chi connectivity index (χ2n) is 7.34. The van der Waals surface area contributed by atoms with E-state index in [0.29, 0.717) is 49.5 Å². The van der Waals surface area contributed by atoms with Gasteiger partial charge in [0.2, 0.25) is 4.77 Å². The predicted molar refractivity (Wildman–Crippen MR) is 141 cm³/mol. The number of hydrogen-bond acceptors (Lipinski definition) is 6. The fourth-order valence-corrected chi connectivity index (χ4v) is 4.28. The lowest BCUT2D eigenvalue weighted by Gasteiger charge is -2.16. The van der Waals surface area contributed by atoms with Gasteiger partial charge in [-0.25, -0.2) is 9.77 Å². The van der Waals surface area contributed by atoms with Gasteiger partial charge in [0.25, 0.3) is 0 Å². The lowest BCUT2D eigenvalue weighted by Crippen LogP contribution is -2.16. The van der Waals surface area contributed by atoms with Crippen molar-refractivity contribution >= 4 is 47.0 Å². The van der Waals surface area contributed by atoms with Crippen molar-refractivity contribution in [1.29, 1.82) is 0 Å². The highest BCUT2D eigenvalue weighted by molar-refractivity contribution is 7.71. The molecule has 1 aromatic heterocycles. The van der Waals surface area contributed by atoms with Gasteiger partial charge >= 0.3 is 0 Å². The molecule has 0 aliphatic rings. The van der Waals surface area contributed by atoms with Crippen molar-refractivity contribution in [2.45, 2.75) is 13.2 Å². The Morgan fingerprint density at radius 2 is 1.66 bits per heavy atom. The highest BCUT2D eigenvalue weighted by Gasteiger charge is 2.16. The average Bonchev–Trinajstić information content (AvgIpc) is 3.22. The first kappa shape index (κ1) is 25.2. The van der Waals surface area contributed by atoms with Gasteiger partial charge in [0.15, 0.2) is 17.3 Å². The van der Waals surface area contributed by atoms with Crippen LogP contribution in [0.25, 0.3) is 11.4 Å². The number of para-hydroxylation sites is 1. The Hall–Kier alpha value is -2.91. The topological polar surface area (TPSA) is 73.3 Å². The summed E-state index contributed by atoms with van der Waals surface area (Å²) in [5.74, 6) is 2.26. The predicted octanol–water partition coefficient (Wildman–Crippen LogP) is 6.91. The van der Waals surface area contributed by atoms with Crippen molar-refractivity contribution in [3.63, 3.8) is 0 Å². The monoisotopic (exact) mass is 550 g/mol. The summed E-state index contributed by atoms with van der Waals surface area (Å²) in [5.41, 5.74) is 5.61. The maximum absolute atomic E-state index is 6.58. The summed E-state index contributed by atoms with van der Waals surface area (Å²) in [7, 11) is 3.17.